The normalized spacial score (nSPS) is 41.1. The first-order valence-corrected chi connectivity index (χ1v) is 5.24. The molecule has 1 aliphatic rings. The summed E-state index contributed by atoms with van der Waals surface area (Å²) < 4.78 is 10.6. The average Bonchev–Trinajstić information content (AvgIpc) is 2.17. The van der Waals surface area contributed by atoms with Crippen molar-refractivity contribution in [3.63, 3.8) is 0 Å². The van der Waals surface area contributed by atoms with Gasteiger partial charge in [0.15, 0.2) is 6.29 Å². The van der Waals surface area contributed by atoms with Gasteiger partial charge in [0.05, 0.1) is 12.2 Å². The van der Waals surface area contributed by atoms with Gasteiger partial charge in [-0.3, -0.25) is 0 Å². The van der Waals surface area contributed by atoms with Gasteiger partial charge in [-0.15, -0.1) is 0 Å². The van der Waals surface area contributed by atoms with Crippen LogP contribution in [0.5, 0.6) is 0 Å². The first-order chi connectivity index (χ1) is 7.26. The Kier molecular flexibility index (Phi) is 4.28. The molecule has 0 aliphatic carbocycles. The van der Waals surface area contributed by atoms with Crippen molar-refractivity contribution in [1.82, 2.24) is 0 Å². The molecule has 0 saturated carbocycles. The zero-order valence-electron chi connectivity index (χ0n) is 9.70. The molecule has 96 valence electrons. The molecule has 0 radical (unpaired) electrons. The van der Waals surface area contributed by atoms with Gasteiger partial charge in [0.2, 0.25) is 0 Å². The van der Waals surface area contributed by atoms with Crippen molar-refractivity contribution in [1.29, 1.82) is 0 Å². The molecule has 0 aromatic rings. The lowest BCUT2D eigenvalue weighted by atomic mass is 9.99. The Balaban J connectivity index is 2.71. The van der Waals surface area contributed by atoms with Crippen LogP contribution in [0.1, 0.15) is 20.8 Å². The summed E-state index contributed by atoms with van der Waals surface area (Å²) in [6, 6.07) is 0. The van der Waals surface area contributed by atoms with Crippen molar-refractivity contribution < 1.29 is 29.9 Å². The van der Waals surface area contributed by atoms with Gasteiger partial charge in [-0.05, 0) is 20.8 Å². The van der Waals surface area contributed by atoms with Gasteiger partial charge in [0, 0.05) is 0 Å². The molecule has 16 heavy (non-hydrogen) atoms. The van der Waals surface area contributed by atoms with E-state index in [1.54, 1.807) is 20.8 Å². The highest BCUT2D eigenvalue weighted by Gasteiger charge is 2.45. The van der Waals surface area contributed by atoms with Gasteiger partial charge in [0.25, 0.3) is 0 Å². The Labute approximate surface area is 94.4 Å². The van der Waals surface area contributed by atoms with Gasteiger partial charge < -0.3 is 29.9 Å². The molecule has 6 heteroatoms. The highest BCUT2D eigenvalue weighted by Crippen LogP contribution is 2.25. The van der Waals surface area contributed by atoms with E-state index in [-0.39, 0.29) is 0 Å². The van der Waals surface area contributed by atoms with Crippen molar-refractivity contribution in [2.24, 2.45) is 0 Å². The first kappa shape index (κ1) is 13.8. The molecule has 1 saturated heterocycles. The third-order valence-electron chi connectivity index (χ3n) is 2.32. The zero-order chi connectivity index (χ0) is 12.5. The van der Waals surface area contributed by atoms with E-state index < -0.39 is 42.9 Å². The van der Waals surface area contributed by atoms with E-state index in [9.17, 15) is 15.3 Å². The topological polar surface area (TPSA) is 99.4 Å². The van der Waals surface area contributed by atoms with E-state index in [1.165, 1.54) is 0 Å². The minimum atomic E-state index is -1.39. The highest BCUT2D eigenvalue weighted by atomic mass is 16.7. The predicted molar refractivity (Wildman–Crippen MR) is 54.6 cm³/mol. The summed E-state index contributed by atoms with van der Waals surface area (Å²) in [7, 11) is 0. The van der Waals surface area contributed by atoms with Gasteiger partial charge in [-0.2, -0.15) is 0 Å². The molecular formula is C10H20O6. The van der Waals surface area contributed by atoms with E-state index in [0.29, 0.717) is 0 Å². The van der Waals surface area contributed by atoms with Crippen LogP contribution in [0.2, 0.25) is 0 Å². The second kappa shape index (κ2) is 4.95. The number of hydrogen-bond donors (Lipinski definition) is 4. The van der Waals surface area contributed by atoms with E-state index in [1.807, 2.05) is 0 Å². The molecule has 0 bridgehead atoms. The molecular weight excluding hydrogens is 216 g/mol. The lowest BCUT2D eigenvalue weighted by molar-refractivity contribution is -0.320. The van der Waals surface area contributed by atoms with Crippen LogP contribution in [0, 0.1) is 0 Å². The fraction of sp³-hybridized carbons (Fsp3) is 1.00. The maximum atomic E-state index is 9.64. The van der Waals surface area contributed by atoms with Crippen molar-refractivity contribution in [2.45, 2.75) is 57.1 Å². The largest absolute Gasteiger partial charge is 0.394 e. The lowest BCUT2D eigenvalue weighted by Gasteiger charge is -2.41. The van der Waals surface area contributed by atoms with Crippen LogP contribution in [0.4, 0.5) is 0 Å². The van der Waals surface area contributed by atoms with E-state index in [4.69, 9.17) is 14.6 Å². The summed E-state index contributed by atoms with van der Waals surface area (Å²) in [5.41, 5.74) is -0.562. The average molecular weight is 236 g/mol. The lowest BCUT2D eigenvalue weighted by Crippen LogP contribution is -2.60. The molecule has 1 aliphatic heterocycles. The SMILES string of the molecule is CC(C)(C)OC1OC(CO)[C@H](O)C(O)[C@@H]1O. The minimum absolute atomic E-state index is 0.449. The summed E-state index contributed by atoms with van der Waals surface area (Å²) in [5, 5.41) is 37.6. The smallest absolute Gasteiger partial charge is 0.187 e. The minimum Gasteiger partial charge on any atom is -0.394 e. The Morgan fingerprint density at radius 1 is 1.06 bits per heavy atom. The van der Waals surface area contributed by atoms with Gasteiger partial charge in [0.1, 0.15) is 24.4 Å². The Hall–Kier alpha value is -0.240. The molecule has 1 rings (SSSR count). The molecule has 3 unspecified atom stereocenters. The molecule has 6 nitrogen and oxygen atoms in total. The number of rotatable bonds is 2. The maximum absolute atomic E-state index is 9.64. The van der Waals surface area contributed by atoms with Crippen LogP contribution in [0.15, 0.2) is 0 Å². The second-order valence-electron chi connectivity index (χ2n) is 4.93. The molecule has 0 aromatic heterocycles. The summed E-state index contributed by atoms with van der Waals surface area (Å²) in [4.78, 5) is 0. The number of hydrogen-bond acceptors (Lipinski definition) is 6. The molecule has 5 atom stereocenters. The standard InChI is InChI=1S/C10H20O6/c1-10(2,3)16-9-8(14)7(13)6(12)5(4-11)15-9/h5-9,11-14H,4H2,1-3H3/t5?,6-,7?,8-,9?/m0/s1. The monoisotopic (exact) mass is 236 g/mol. The molecule has 1 heterocycles. The third kappa shape index (κ3) is 3.13. The van der Waals surface area contributed by atoms with Gasteiger partial charge in [-0.1, -0.05) is 0 Å². The van der Waals surface area contributed by atoms with Crippen LogP contribution in [-0.4, -0.2) is 63.3 Å². The van der Waals surface area contributed by atoms with E-state index in [0.717, 1.165) is 0 Å². The first-order valence-electron chi connectivity index (χ1n) is 5.24. The highest BCUT2D eigenvalue weighted by molar-refractivity contribution is 4.89. The van der Waals surface area contributed by atoms with Crippen molar-refractivity contribution in [2.75, 3.05) is 6.61 Å². The van der Waals surface area contributed by atoms with Crippen molar-refractivity contribution in [3.05, 3.63) is 0 Å². The molecule has 4 N–H and O–H groups in total. The summed E-state index contributed by atoms with van der Waals surface area (Å²) in [6.07, 6.45) is -6.06. The Morgan fingerprint density at radius 2 is 1.62 bits per heavy atom. The van der Waals surface area contributed by atoms with Crippen LogP contribution in [0.3, 0.4) is 0 Å². The number of aliphatic hydroxyl groups is 4. The summed E-state index contributed by atoms with van der Waals surface area (Å²) in [5.74, 6) is 0. The van der Waals surface area contributed by atoms with Crippen LogP contribution < -0.4 is 0 Å². The van der Waals surface area contributed by atoms with Crippen molar-refractivity contribution >= 4 is 0 Å². The molecule has 0 amide bonds. The van der Waals surface area contributed by atoms with Crippen LogP contribution >= 0.6 is 0 Å². The van der Waals surface area contributed by atoms with Crippen LogP contribution in [0.25, 0.3) is 0 Å². The predicted octanol–water partition coefficient (Wildman–Crippen LogP) is -1.40. The van der Waals surface area contributed by atoms with E-state index >= 15 is 0 Å². The summed E-state index contributed by atoms with van der Waals surface area (Å²) in [6.45, 7) is 4.87. The third-order valence-corrected chi connectivity index (χ3v) is 2.32. The van der Waals surface area contributed by atoms with Gasteiger partial charge >= 0.3 is 0 Å². The van der Waals surface area contributed by atoms with E-state index in [2.05, 4.69) is 0 Å². The quantitative estimate of drug-likeness (QED) is 0.471. The Bertz CT molecular complexity index is 224. The number of ether oxygens (including phenoxy) is 2. The second-order valence-corrected chi connectivity index (χ2v) is 4.93. The fourth-order valence-electron chi connectivity index (χ4n) is 1.51. The number of aliphatic hydroxyl groups excluding tert-OH is 4. The maximum Gasteiger partial charge on any atom is 0.187 e. The van der Waals surface area contributed by atoms with Crippen molar-refractivity contribution in [3.8, 4) is 0 Å². The molecule has 1 fully saturated rings. The molecule has 0 aromatic carbocycles. The summed E-state index contributed by atoms with van der Waals surface area (Å²) >= 11 is 0. The van der Waals surface area contributed by atoms with Gasteiger partial charge in [-0.25, -0.2) is 0 Å². The van der Waals surface area contributed by atoms with Crippen LogP contribution in [-0.2, 0) is 9.47 Å². The zero-order valence-corrected chi connectivity index (χ0v) is 9.70. The fourth-order valence-corrected chi connectivity index (χ4v) is 1.51. The molecule has 0 spiro atoms. The Morgan fingerprint density at radius 3 is 2.06 bits per heavy atom.